The van der Waals surface area contributed by atoms with Crippen molar-refractivity contribution in [3.8, 4) is 0 Å². The highest BCUT2D eigenvalue weighted by molar-refractivity contribution is 5.83. The molecule has 1 aliphatic carbocycles. The molecule has 0 aromatic heterocycles. The Kier molecular flexibility index (Phi) is 3.74. The number of hydrogen-bond donors (Lipinski definition) is 1. The third-order valence-electron chi connectivity index (χ3n) is 3.11. The summed E-state index contributed by atoms with van der Waals surface area (Å²) >= 11 is 0. The molecule has 0 atom stereocenters. The number of benzene rings is 2. The quantitative estimate of drug-likeness (QED) is 0.791. The van der Waals surface area contributed by atoms with Crippen LogP contribution in [0.4, 0.5) is 11.4 Å². The zero-order valence-electron chi connectivity index (χ0n) is 11.2. The minimum Gasteiger partial charge on any atom is -0.359 e. The zero-order chi connectivity index (χ0) is 13.6. The predicted octanol–water partition coefficient (Wildman–Crippen LogP) is 4.72. The van der Waals surface area contributed by atoms with E-state index in [0.29, 0.717) is 0 Å². The van der Waals surface area contributed by atoms with E-state index in [0.717, 1.165) is 17.8 Å². The summed E-state index contributed by atoms with van der Waals surface area (Å²) in [7, 11) is 0. The van der Waals surface area contributed by atoms with Crippen molar-refractivity contribution in [2.45, 2.75) is 6.42 Å². The Hall–Kier alpha value is -2.61. The summed E-state index contributed by atoms with van der Waals surface area (Å²) in [4.78, 5) is 4.48. The van der Waals surface area contributed by atoms with Crippen molar-refractivity contribution in [1.29, 1.82) is 0 Å². The number of allylic oxidation sites excluding steroid dienone is 3. The molecule has 0 radical (unpaired) electrons. The fourth-order valence-corrected chi connectivity index (χ4v) is 2.10. The van der Waals surface area contributed by atoms with Crippen molar-refractivity contribution in [3.63, 3.8) is 0 Å². The van der Waals surface area contributed by atoms with E-state index in [1.165, 1.54) is 11.3 Å². The van der Waals surface area contributed by atoms with Crippen LogP contribution < -0.4 is 5.32 Å². The van der Waals surface area contributed by atoms with Crippen LogP contribution in [0.2, 0.25) is 0 Å². The monoisotopic (exact) mass is 260 g/mol. The summed E-state index contributed by atoms with van der Waals surface area (Å²) in [5, 5.41) is 3.42. The number of anilines is 1. The van der Waals surface area contributed by atoms with Crippen molar-refractivity contribution in [3.05, 3.63) is 84.1 Å². The second-order valence-corrected chi connectivity index (χ2v) is 4.70. The lowest BCUT2D eigenvalue weighted by atomic mass is 10.2. The average molecular weight is 260 g/mol. The fourth-order valence-electron chi connectivity index (χ4n) is 2.10. The molecule has 0 aliphatic heterocycles. The molecule has 2 aromatic rings. The topological polar surface area (TPSA) is 24.4 Å². The number of para-hydroxylation sites is 2. The van der Waals surface area contributed by atoms with Gasteiger partial charge in [0.25, 0.3) is 0 Å². The largest absolute Gasteiger partial charge is 0.359 e. The number of rotatable bonds is 4. The van der Waals surface area contributed by atoms with Gasteiger partial charge >= 0.3 is 0 Å². The molecular weight excluding hydrogens is 244 g/mol. The van der Waals surface area contributed by atoms with Crippen LogP contribution >= 0.6 is 0 Å². The van der Waals surface area contributed by atoms with Crippen LogP contribution in [0.25, 0.3) is 0 Å². The lowest BCUT2D eigenvalue weighted by molar-refractivity contribution is 1.22. The van der Waals surface area contributed by atoms with Crippen LogP contribution in [0.15, 0.2) is 89.1 Å². The van der Waals surface area contributed by atoms with Gasteiger partial charge in [-0.2, -0.15) is 0 Å². The van der Waals surface area contributed by atoms with Crippen LogP contribution in [0.5, 0.6) is 0 Å². The normalized spacial score (nSPS) is 14.2. The first-order chi connectivity index (χ1) is 9.90. The molecule has 1 aliphatic rings. The molecule has 98 valence electrons. The van der Waals surface area contributed by atoms with E-state index < -0.39 is 0 Å². The van der Waals surface area contributed by atoms with Gasteiger partial charge in [0, 0.05) is 24.0 Å². The van der Waals surface area contributed by atoms with Gasteiger partial charge in [0.2, 0.25) is 0 Å². The smallest absolute Gasteiger partial charge is 0.0629 e. The standard InChI is InChI=1S/C18H16N2/c1-3-7-16(8-4-1)19-14-15-11-12-18(13-15)20-17-9-5-2-6-10-17/h1-12,14,20H,13H2. The Labute approximate surface area is 119 Å². The van der Waals surface area contributed by atoms with Gasteiger partial charge in [-0.3, -0.25) is 4.99 Å². The molecule has 0 fully saturated rings. The summed E-state index contributed by atoms with van der Waals surface area (Å²) in [6.07, 6.45) is 7.05. The fraction of sp³-hybridized carbons (Fsp3) is 0.0556. The molecule has 0 bridgehead atoms. The molecule has 0 saturated carbocycles. The van der Waals surface area contributed by atoms with E-state index in [1.807, 2.05) is 54.7 Å². The van der Waals surface area contributed by atoms with Crippen molar-refractivity contribution >= 4 is 17.6 Å². The Morgan fingerprint density at radius 1 is 0.850 bits per heavy atom. The summed E-state index contributed by atoms with van der Waals surface area (Å²) in [5.74, 6) is 0. The van der Waals surface area contributed by atoms with E-state index in [4.69, 9.17) is 0 Å². The van der Waals surface area contributed by atoms with Crippen molar-refractivity contribution in [1.82, 2.24) is 0 Å². The first-order valence-corrected chi connectivity index (χ1v) is 6.71. The molecule has 0 unspecified atom stereocenters. The Morgan fingerprint density at radius 3 is 2.30 bits per heavy atom. The molecule has 2 heteroatoms. The maximum atomic E-state index is 4.48. The molecule has 3 rings (SSSR count). The minimum atomic E-state index is 0.894. The summed E-state index contributed by atoms with van der Waals surface area (Å²) in [5.41, 5.74) is 4.52. The van der Waals surface area contributed by atoms with Crippen LogP contribution in [0.1, 0.15) is 6.42 Å². The van der Waals surface area contributed by atoms with Gasteiger partial charge in [-0.05, 0) is 35.9 Å². The Bertz CT molecular complexity index is 652. The maximum Gasteiger partial charge on any atom is 0.0629 e. The first kappa shape index (κ1) is 12.4. The van der Waals surface area contributed by atoms with Gasteiger partial charge < -0.3 is 5.32 Å². The van der Waals surface area contributed by atoms with Gasteiger partial charge in [-0.15, -0.1) is 0 Å². The van der Waals surface area contributed by atoms with Crippen molar-refractivity contribution in [2.75, 3.05) is 5.32 Å². The molecule has 2 nitrogen and oxygen atoms in total. The zero-order valence-corrected chi connectivity index (χ0v) is 11.2. The van der Waals surface area contributed by atoms with Crippen LogP contribution in [0, 0.1) is 0 Å². The summed E-state index contributed by atoms with van der Waals surface area (Å²) in [6, 6.07) is 20.2. The lowest BCUT2D eigenvalue weighted by Crippen LogP contribution is -1.97. The van der Waals surface area contributed by atoms with E-state index in [2.05, 4.69) is 34.6 Å². The highest BCUT2D eigenvalue weighted by atomic mass is 14.9. The van der Waals surface area contributed by atoms with E-state index >= 15 is 0 Å². The van der Waals surface area contributed by atoms with E-state index in [-0.39, 0.29) is 0 Å². The first-order valence-electron chi connectivity index (χ1n) is 6.71. The highest BCUT2D eigenvalue weighted by Crippen LogP contribution is 2.21. The van der Waals surface area contributed by atoms with E-state index in [9.17, 15) is 0 Å². The number of aliphatic imine (C=N–C) groups is 1. The average Bonchev–Trinajstić information content (AvgIpc) is 2.95. The molecule has 0 saturated heterocycles. The van der Waals surface area contributed by atoms with Crippen molar-refractivity contribution < 1.29 is 0 Å². The van der Waals surface area contributed by atoms with Gasteiger partial charge in [0.1, 0.15) is 0 Å². The SMILES string of the molecule is C(=Nc1ccccc1)C1=CC=C(Nc2ccccc2)C1. The van der Waals surface area contributed by atoms with E-state index in [1.54, 1.807) is 0 Å². The number of nitrogens with one attached hydrogen (secondary N) is 1. The van der Waals surface area contributed by atoms with Crippen LogP contribution in [0.3, 0.4) is 0 Å². The van der Waals surface area contributed by atoms with Crippen LogP contribution in [-0.4, -0.2) is 6.21 Å². The summed E-state index contributed by atoms with van der Waals surface area (Å²) in [6.45, 7) is 0. The molecule has 0 heterocycles. The second kappa shape index (κ2) is 6.02. The Morgan fingerprint density at radius 2 is 1.55 bits per heavy atom. The molecule has 2 aromatic carbocycles. The number of nitrogens with zero attached hydrogens (tertiary/aromatic N) is 1. The highest BCUT2D eigenvalue weighted by Gasteiger charge is 2.06. The van der Waals surface area contributed by atoms with Gasteiger partial charge in [0.05, 0.1) is 5.69 Å². The molecule has 0 spiro atoms. The molecule has 0 amide bonds. The summed E-state index contributed by atoms with van der Waals surface area (Å²) < 4.78 is 0. The van der Waals surface area contributed by atoms with Gasteiger partial charge in [-0.25, -0.2) is 0 Å². The van der Waals surface area contributed by atoms with Crippen LogP contribution in [-0.2, 0) is 0 Å². The maximum absolute atomic E-state index is 4.48. The third kappa shape index (κ3) is 3.23. The molecular formula is C18H16N2. The number of hydrogen-bond acceptors (Lipinski definition) is 2. The molecule has 20 heavy (non-hydrogen) atoms. The third-order valence-corrected chi connectivity index (χ3v) is 3.11. The lowest BCUT2D eigenvalue weighted by Gasteiger charge is -2.07. The molecule has 1 N–H and O–H groups in total. The van der Waals surface area contributed by atoms with Gasteiger partial charge in [0.15, 0.2) is 0 Å². The predicted molar refractivity (Wildman–Crippen MR) is 85.4 cm³/mol. The minimum absolute atomic E-state index is 0.894. The van der Waals surface area contributed by atoms with Crippen molar-refractivity contribution in [2.24, 2.45) is 4.99 Å². The van der Waals surface area contributed by atoms with Gasteiger partial charge in [-0.1, -0.05) is 42.5 Å². The Balaban J connectivity index is 1.58. The second-order valence-electron chi connectivity index (χ2n) is 4.70.